The molecule has 4 aliphatic rings. The predicted octanol–water partition coefficient (Wildman–Crippen LogP) is 1.13. The molecule has 8 atom stereocenters. The average Bonchev–Trinajstić information content (AvgIpc) is 3.75. The van der Waals surface area contributed by atoms with E-state index in [0.29, 0.717) is 11.1 Å². The minimum absolute atomic E-state index is 0.0110. The average molecular weight is 730 g/mol. The Bertz CT molecular complexity index is 1750. The van der Waals surface area contributed by atoms with Crippen molar-refractivity contribution in [1.29, 1.82) is 0 Å². The van der Waals surface area contributed by atoms with E-state index in [4.69, 9.17) is 28.9 Å². The van der Waals surface area contributed by atoms with Gasteiger partial charge in [0, 0.05) is 24.1 Å². The van der Waals surface area contributed by atoms with Gasteiger partial charge in [-0.1, -0.05) is 84.9 Å². The van der Waals surface area contributed by atoms with Crippen LogP contribution in [0.2, 0.25) is 0 Å². The number of ether oxygens (including phenoxy) is 4. The number of carbonyl (C=O) groups is 3. The summed E-state index contributed by atoms with van der Waals surface area (Å²) in [6, 6.07) is 23.5. The first kappa shape index (κ1) is 36.7. The van der Waals surface area contributed by atoms with E-state index < -0.39 is 71.6 Å². The summed E-state index contributed by atoms with van der Waals surface area (Å²) >= 11 is 0. The van der Waals surface area contributed by atoms with Crippen LogP contribution in [0.1, 0.15) is 35.6 Å². The van der Waals surface area contributed by atoms with E-state index in [9.17, 15) is 24.6 Å². The highest BCUT2D eigenvalue weighted by Crippen LogP contribution is 2.59. The number of esters is 1. The summed E-state index contributed by atoms with van der Waals surface area (Å²) in [4.78, 5) is 48.7. The number of hydroxylamine groups is 2. The van der Waals surface area contributed by atoms with Crippen LogP contribution in [0, 0.1) is 5.41 Å². The molecule has 0 spiro atoms. The number of aliphatic hydroxyl groups excluding tert-OH is 3. The first-order valence-electron chi connectivity index (χ1n) is 17.7. The Kier molecular flexibility index (Phi) is 10.6. The van der Waals surface area contributed by atoms with E-state index >= 15 is 0 Å². The molecule has 3 saturated heterocycles. The fourth-order valence-corrected chi connectivity index (χ4v) is 7.82. The lowest BCUT2D eigenvalue weighted by Gasteiger charge is -2.49. The molecular formula is C39H43N3O11. The monoisotopic (exact) mass is 729 g/mol. The standard InChI is InChI=1S/C39H43N3O11/c1-24(45)30(35(46)40-17-18-43)41-37(48)38-22-29-31-32(52-39(51-31,27-8-4-2-5-9-27)28-10-6-3-7-11-28)34(38)53-42(33(38)36(47)50-29)23-26-14-12-25(13-15-26)16-20-49-21-19-44/h2-16,20,24,29-34,43-45H,17-19,21-23H2,1H3,(H,40,46)(H,41,48)/t24-,29+,30+,31-,32-,33-,34+,38-/m0/s1. The SMILES string of the molecule is C[C@H](O)[C@@H](NC(=O)[C@@]12C[C@H]3OC(=O)[C@@H]1N(Cc1ccc(C=COCCO)cc1)O[C@@H]2[C@H]1OC(c2ccccc2)(c2ccccc2)O[C@H]13)C(=O)NCCO. The second kappa shape index (κ2) is 15.4. The van der Waals surface area contributed by atoms with Gasteiger partial charge in [-0.15, -0.1) is 0 Å². The number of benzene rings is 3. The van der Waals surface area contributed by atoms with Crippen molar-refractivity contribution in [2.75, 3.05) is 26.4 Å². The normalized spacial score (nSPS) is 28.2. The van der Waals surface area contributed by atoms with Gasteiger partial charge in [0.1, 0.15) is 42.5 Å². The lowest BCUT2D eigenvalue weighted by atomic mass is 9.62. The minimum Gasteiger partial charge on any atom is -0.499 e. The molecule has 0 unspecified atom stereocenters. The number of aliphatic hydroxyl groups is 3. The number of carbonyl (C=O) groups excluding carboxylic acids is 3. The van der Waals surface area contributed by atoms with Crippen LogP contribution in [-0.2, 0) is 50.5 Å². The summed E-state index contributed by atoms with van der Waals surface area (Å²) in [5, 5.41) is 35.5. The van der Waals surface area contributed by atoms with Crippen molar-refractivity contribution in [2.45, 2.75) is 68.3 Å². The van der Waals surface area contributed by atoms with Crippen LogP contribution in [0.3, 0.4) is 0 Å². The Morgan fingerprint density at radius 2 is 1.62 bits per heavy atom. The Morgan fingerprint density at radius 1 is 0.962 bits per heavy atom. The molecule has 4 fully saturated rings. The number of fused-ring (bicyclic) bond motifs is 4. The lowest BCUT2D eigenvalue weighted by molar-refractivity contribution is -0.213. The molecule has 2 bridgehead atoms. The maximum atomic E-state index is 14.8. The van der Waals surface area contributed by atoms with Crippen LogP contribution in [0.25, 0.3) is 6.08 Å². The van der Waals surface area contributed by atoms with Gasteiger partial charge in [-0.2, -0.15) is 5.06 Å². The van der Waals surface area contributed by atoms with Crippen molar-refractivity contribution in [3.05, 3.63) is 113 Å². The third-order valence-corrected chi connectivity index (χ3v) is 10.2. The summed E-state index contributed by atoms with van der Waals surface area (Å²) in [6.45, 7) is 1.11. The van der Waals surface area contributed by atoms with Crippen LogP contribution in [0.4, 0.5) is 0 Å². The minimum atomic E-state index is -1.63. The first-order chi connectivity index (χ1) is 25.7. The topological polar surface area (TPSA) is 185 Å². The molecule has 7 rings (SSSR count). The molecule has 3 aromatic rings. The van der Waals surface area contributed by atoms with E-state index in [2.05, 4.69) is 10.6 Å². The Balaban J connectivity index is 1.27. The summed E-state index contributed by atoms with van der Waals surface area (Å²) in [5.41, 5.74) is 1.34. The predicted molar refractivity (Wildman–Crippen MR) is 187 cm³/mol. The van der Waals surface area contributed by atoms with Crippen LogP contribution in [0.5, 0.6) is 0 Å². The van der Waals surface area contributed by atoms with Gasteiger partial charge in [-0.25, -0.2) is 0 Å². The maximum absolute atomic E-state index is 14.8. The molecule has 53 heavy (non-hydrogen) atoms. The van der Waals surface area contributed by atoms with Crippen LogP contribution in [-0.4, -0.2) is 107 Å². The van der Waals surface area contributed by atoms with E-state index in [1.54, 1.807) is 6.08 Å². The van der Waals surface area contributed by atoms with E-state index in [1.165, 1.54) is 18.2 Å². The molecule has 0 radical (unpaired) electrons. The molecule has 5 N–H and O–H groups in total. The largest absolute Gasteiger partial charge is 0.499 e. The molecule has 1 saturated carbocycles. The smallest absolute Gasteiger partial charge is 0.327 e. The first-order valence-corrected chi connectivity index (χ1v) is 17.7. The number of nitrogens with one attached hydrogen (secondary N) is 2. The number of nitrogens with zero attached hydrogens (tertiary/aromatic N) is 1. The van der Waals surface area contributed by atoms with Gasteiger partial charge in [0.2, 0.25) is 17.6 Å². The Labute approximate surface area is 306 Å². The second-order valence-electron chi connectivity index (χ2n) is 13.6. The molecule has 3 heterocycles. The number of hydrogen-bond acceptors (Lipinski definition) is 12. The van der Waals surface area contributed by atoms with Crippen molar-refractivity contribution >= 4 is 23.9 Å². The van der Waals surface area contributed by atoms with Crippen molar-refractivity contribution in [1.82, 2.24) is 15.7 Å². The molecule has 280 valence electrons. The third kappa shape index (κ3) is 6.72. The van der Waals surface area contributed by atoms with Crippen LogP contribution >= 0.6 is 0 Å². The molecule has 2 amide bonds. The van der Waals surface area contributed by atoms with E-state index in [1.807, 2.05) is 84.9 Å². The molecular weight excluding hydrogens is 686 g/mol. The summed E-state index contributed by atoms with van der Waals surface area (Å²) in [7, 11) is 0. The van der Waals surface area contributed by atoms with E-state index in [-0.39, 0.29) is 39.3 Å². The van der Waals surface area contributed by atoms with Gasteiger partial charge in [0.15, 0.2) is 6.04 Å². The molecule has 0 aromatic heterocycles. The quantitative estimate of drug-likeness (QED) is 0.0907. The fraction of sp³-hybridized carbons (Fsp3) is 0.410. The van der Waals surface area contributed by atoms with Gasteiger partial charge in [0.05, 0.1) is 32.1 Å². The highest BCUT2D eigenvalue weighted by atomic mass is 16.8. The molecule has 14 heteroatoms. The number of rotatable bonds is 14. The summed E-state index contributed by atoms with van der Waals surface area (Å²) in [6.07, 6.45) is -1.87. The lowest BCUT2D eigenvalue weighted by Crippen LogP contribution is -2.71. The zero-order valence-corrected chi connectivity index (χ0v) is 29.1. The van der Waals surface area contributed by atoms with Crippen LogP contribution in [0.15, 0.2) is 91.2 Å². The molecule has 1 aliphatic carbocycles. The van der Waals surface area contributed by atoms with Crippen molar-refractivity contribution in [3.63, 3.8) is 0 Å². The van der Waals surface area contributed by atoms with Gasteiger partial charge in [-0.3, -0.25) is 19.2 Å². The van der Waals surface area contributed by atoms with Crippen molar-refractivity contribution in [3.8, 4) is 0 Å². The molecule has 14 nitrogen and oxygen atoms in total. The number of hydrogen-bond donors (Lipinski definition) is 5. The van der Waals surface area contributed by atoms with Gasteiger partial charge < -0.3 is 44.9 Å². The van der Waals surface area contributed by atoms with Gasteiger partial charge in [0.25, 0.3) is 0 Å². The highest BCUT2D eigenvalue weighted by Gasteiger charge is 2.76. The fourth-order valence-electron chi connectivity index (χ4n) is 7.82. The number of amides is 2. The zero-order chi connectivity index (χ0) is 37.2. The zero-order valence-electron chi connectivity index (χ0n) is 29.1. The van der Waals surface area contributed by atoms with E-state index in [0.717, 1.165) is 11.1 Å². The molecule has 3 aliphatic heterocycles. The van der Waals surface area contributed by atoms with Crippen molar-refractivity contribution in [2.24, 2.45) is 5.41 Å². The Hall–Kier alpha value is -4.67. The maximum Gasteiger partial charge on any atom is 0.327 e. The highest BCUT2D eigenvalue weighted by molar-refractivity contribution is 5.96. The summed E-state index contributed by atoms with van der Waals surface area (Å²) in [5.74, 6) is -3.53. The van der Waals surface area contributed by atoms with Gasteiger partial charge in [-0.05, 0) is 24.1 Å². The third-order valence-electron chi connectivity index (χ3n) is 10.2. The molecule has 3 aromatic carbocycles. The second-order valence-corrected chi connectivity index (χ2v) is 13.6. The van der Waals surface area contributed by atoms with Crippen molar-refractivity contribution < 1.29 is 53.5 Å². The summed E-state index contributed by atoms with van der Waals surface area (Å²) < 4.78 is 25.2. The van der Waals surface area contributed by atoms with Crippen LogP contribution < -0.4 is 10.6 Å². The Morgan fingerprint density at radius 3 is 2.25 bits per heavy atom. The van der Waals surface area contributed by atoms with Gasteiger partial charge >= 0.3 is 5.97 Å².